The van der Waals surface area contributed by atoms with Crippen molar-refractivity contribution >= 4 is 0 Å². The first kappa shape index (κ1) is 13.8. The third-order valence-electron chi connectivity index (χ3n) is 2.85. The van der Waals surface area contributed by atoms with Crippen molar-refractivity contribution in [1.82, 2.24) is 0 Å². The Bertz CT molecular complexity index is 366. The molecule has 96 valence electrons. The van der Waals surface area contributed by atoms with Gasteiger partial charge in [0.25, 0.3) is 0 Å². The molecule has 0 aliphatic carbocycles. The second kappa shape index (κ2) is 5.89. The number of aliphatic hydroxyl groups excluding tert-OH is 1. The number of aliphatic hydroxyl groups is 1. The van der Waals surface area contributed by atoms with Crippen LogP contribution in [0.2, 0.25) is 0 Å². The maximum Gasteiger partial charge on any atom is 0.123 e. The number of benzene rings is 1. The molecule has 1 rings (SSSR count). The summed E-state index contributed by atoms with van der Waals surface area (Å²) in [5.74, 6) is 1.45. The fourth-order valence-corrected chi connectivity index (χ4v) is 1.70. The Morgan fingerprint density at radius 1 is 1.18 bits per heavy atom. The quantitative estimate of drug-likeness (QED) is 0.821. The molecule has 0 spiro atoms. The van der Waals surface area contributed by atoms with Crippen LogP contribution in [0.15, 0.2) is 18.2 Å². The van der Waals surface area contributed by atoms with Gasteiger partial charge < -0.3 is 20.3 Å². The molecule has 0 radical (unpaired) electrons. The second-order valence-electron chi connectivity index (χ2n) is 4.37. The van der Waals surface area contributed by atoms with Crippen LogP contribution < -0.4 is 15.2 Å². The van der Waals surface area contributed by atoms with E-state index in [1.54, 1.807) is 32.4 Å². The van der Waals surface area contributed by atoms with Crippen molar-refractivity contribution in [3.05, 3.63) is 23.8 Å². The maximum atomic E-state index is 10.0. The fourth-order valence-electron chi connectivity index (χ4n) is 1.70. The Morgan fingerprint density at radius 2 is 1.82 bits per heavy atom. The van der Waals surface area contributed by atoms with Crippen molar-refractivity contribution in [1.29, 1.82) is 0 Å². The predicted molar refractivity (Wildman–Crippen MR) is 67.3 cm³/mol. The molecule has 4 nitrogen and oxygen atoms in total. The zero-order valence-corrected chi connectivity index (χ0v) is 10.8. The molecule has 0 aliphatic heterocycles. The molecule has 0 aliphatic rings. The molecular formula is C13H21NO3. The first-order chi connectivity index (χ1) is 8.01. The number of rotatable bonds is 5. The molecule has 0 fully saturated rings. The van der Waals surface area contributed by atoms with E-state index in [1.165, 1.54) is 0 Å². The van der Waals surface area contributed by atoms with Crippen molar-refractivity contribution in [3.63, 3.8) is 0 Å². The highest BCUT2D eigenvalue weighted by molar-refractivity contribution is 5.42. The Labute approximate surface area is 102 Å². The van der Waals surface area contributed by atoms with E-state index in [9.17, 15) is 5.11 Å². The Morgan fingerprint density at radius 3 is 2.29 bits per heavy atom. The first-order valence-electron chi connectivity index (χ1n) is 5.66. The van der Waals surface area contributed by atoms with Crippen LogP contribution in [0.3, 0.4) is 0 Å². The highest BCUT2D eigenvalue weighted by atomic mass is 16.5. The van der Waals surface area contributed by atoms with Gasteiger partial charge in [-0.25, -0.2) is 0 Å². The summed E-state index contributed by atoms with van der Waals surface area (Å²) in [7, 11) is 3.18. The van der Waals surface area contributed by atoms with Gasteiger partial charge in [-0.1, -0.05) is 13.8 Å². The Kier molecular flexibility index (Phi) is 4.78. The number of hydrogen-bond donors (Lipinski definition) is 2. The van der Waals surface area contributed by atoms with E-state index in [4.69, 9.17) is 15.2 Å². The van der Waals surface area contributed by atoms with E-state index in [1.807, 2.05) is 13.8 Å². The molecule has 17 heavy (non-hydrogen) atoms. The number of nitrogens with two attached hydrogens (primary N) is 1. The van der Waals surface area contributed by atoms with Crippen LogP contribution in [0.4, 0.5) is 0 Å². The molecule has 0 saturated heterocycles. The first-order valence-corrected chi connectivity index (χ1v) is 5.66. The molecule has 1 aromatic carbocycles. The average Bonchev–Trinajstić information content (AvgIpc) is 2.35. The summed E-state index contributed by atoms with van der Waals surface area (Å²) in [5.41, 5.74) is 6.81. The van der Waals surface area contributed by atoms with Gasteiger partial charge in [0.05, 0.1) is 26.4 Å². The zero-order chi connectivity index (χ0) is 13.0. The summed E-state index contributed by atoms with van der Waals surface area (Å²) in [4.78, 5) is 0. The van der Waals surface area contributed by atoms with Gasteiger partial charge in [-0.2, -0.15) is 0 Å². The zero-order valence-electron chi connectivity index (χ0n) is 10.8. The van der Waals surface area contributed by atoms with Crippen LogP contribution >= 0.6 is 0 Å². The topological polar surface area (TPSA) is 64.7 Å². The molecule has 1 aromatic rings. The van der Waals surface area contributed by atoms with E-state index >= 15 is 0 Å². The molecule has 2 atom stereocenters. The lowest BCUT2D eigenvalue weighted by Crippen LogP contribution is -2.30. The number of hydrogen-bond acceptors (Lipinski definition) is 4. The van der Waals surface area contributed by atoms with Crippen LogP contribution in [0.1, 0.15) is 25.5 Å². The minimum atomic E-state index is -0.615. The van der Waals surface area contributed by atoms with E-state index in [2.05, 4.69) is 0 Å². The van der Waals surface area contributed by atoms with Crippen molar-refractivity contribution in [2.45, 2.75) is 26.0 Å². The summed E-state index contributed by atoms with van der Waals surface area (Å²) in [6.07, 6.45) is -0.615. The Hall–Kier alpha value is -1.26. The smallest absolute Gasteiger partial charge is 0.123 e. The van der Waals surface area contributed by atoms with Gasteiger partial charge in [-0.3, -0.25) is 0 Å². The minimum absolute atomic E-state index is 0.0842. The summed E-state index contributed by atoms with van der Waals surface area (Å²) >= 11 is 0. The molecule has 0 bridgehead atoms. The molecule has 0 unspecified atom stereocenters. The third kappa shape index (κ3) is 3.11. The van der Waals surface area contributed by atoms with Gasteiger partial charge in [-0.15, -0.1) is 0 Å². The van der Waals surface area contributed by atoms with E-state index in [0.717, 1.165) is 5.56 Å². The molecule has 0 aromatic heterocycles. The lowest BCUT2D eigenvalue weighted by atomic mass is 9.94. The summed E-state index contributed by atoms with van der Waals surface area (Å²) in [6.45, 7) is 3.86. The normalized spacial score (nSPS) is 14.5. The highest BCUT2D eigenvalue weighted by Gasteiger charge is 2.23. The predicted octanol–water partition coefficient (Wildman–Crippen LogP) is 1.72. The number of methoxy groups -OCH3 is 2. The van der Waals surface area contributed by atoms with Gasteiger partial charge in [0, 0.05) is 5.56 Å². The highest BCUT2D eigenvalue weighted by Crippen LogP contribution is 2.31. The monoisotopic (exact) mass is 239 g/mol. The van der Waals surface area contributed by atoms with Gasteiger partial charge >= 0.3 is 0 Å². The van der Waals surface area contributed by atoms with Crippen molar-refractivity contribution in [2.24, 2.45) is 11.7 Å². The van der Waals surface area contributed by atoms with Crippen molar-refractivity contribution in [3.8, 4) is 11.5 Å². The lowest BCUT2D eigenvalue weighted by Gasteiger charge is -2.24. The van der Waals surface area contributed by atoms with Gasteiger partial charge in [0.15, 0.2) is 0 Å². The molecule has 0 heterocycles. The average molecular weight is 239 g/mol. The fraction of sp³-hybridized carbons (Fsp3) is 0.538. The summed E-state index contributed by atoms with van der Waals surface area (Å²) in [6, 6.07) is 4.91. The standard InChI is InChI=1S/C13H21NO3/c1-8(2)13(15)12(14)10-7-9(16-3)5-6-11(10)17-4/h5-8,12-13,15H,14H2,1-4H3/t12-,13+/m0/s1. The molecule has 3 N–H and O–H groups in total. The molecule has 0 saturated carbocycles. The maximum absolute atomic E-state index is 10.0. The van der Waals surface area contributed by atoms with Gasteiger partial charge in [0.1, 0.15) is 11.5 Å². The molecular weight excluding hydrogens is 218 g/mol. The summed E-state index contributed by atoms with van der Waals surface area (Å²) in [5, 5.41) is 10.0. The van der Waals surface area contributed by atoms with Crippen LogP contribution in [0.25, 0.3) is 0 Å². The van der Waals surface area contributed by atoms with Gasteiger partial charge in [-0.05, 0) is 24.1 Å². The summed E-state index contributed by atoms with van der Waals surface area (Å²) < 4.78 is 10.4. The van der Waals surface area contributed by atoms with Gasteiger partial charge in [0.2, 0.25) is 0 Å². The van der Waals surface area contributed by atoms with Crippen LogP contribution in [0.5, 0.6) is 11.5 Å². The van der Waals surface area contributed by atoms with Crippen LogP contribution in [0, 0.1) is 5.92 Å². The van der Waals surface area contributed by atoms with E-state index in [-0.39, 0.29) is 5.92 Å². The van der Waals surface area contributed by atoms with Crippen molar-refractivity contribution in [2.75, 3.05) is 14.2 Å². The second-order valence-corrected chi connectivity index (χ2v) is 4.37. The molecule has 0 amide bonds. The van der Waals surface area contributed by atoms with E-state index in [0.29, 0.717) is 11.5 Å². The minimum Gasteiger partial charge on any atom is -0.497 e. The number of ether oxygens (including phenoxy) is 2. The Balaban J connectivity index is 3.09. The largest absolute Gasteiger partial charge is 0.497 e. The van der Waals surface area contributed by atoms with E-state index < -0.39 is 12.1 Å². The van der Waals surface area contributed by atoms with Crippen LogP contribution in [-0.2, 0) is 0 Å². The lowest BCUT2D eigenvalue weighted by molar-refractivity contribution is 0.0968. The molecule has 4 heteroatoms. The third-order valence-corrected chi connectivity index (χ3v) is 2.85. The van der Waals surface area contributed by atoms with Crippen molar-refractivity contribution < 1.29 is 14.6 Å². The SMILES string of the molecule is COc1ccc(OC)c([C@H](N)[C@H](O)C(C)C)c1. The van der Waals surface area contributed by atoms with Crippen LogP contribution in [-0.4, -0.2) is 25.4 Å².